The summed E-state index contributed by atoms with van der Waals surface area (Å²) in [6.07, 6.45) is 1.29. The van der Waals surface area contributed by atoms with Crippen LogP contribution in [0, 0.1) is 0 Å². The number of carbonyl (C=O) groups excluding carboxylic acids is 1. The van der Waals surface area contributed by atoms with Gasteiger partial charge in [-0.2, -0.15) is 0 Å². The first-order chi connectivity index (χ1) is 14.9. The lowest BCUT2D eigenvalue weighted by Crippen LogP contribution is -2.26. The molecule has 0 aliphatic carbocycles. The van der Waals surface area contributed by atoms with E-state index in [0.717, 1.165) is 12.7 Å². The Hall–Kier alpha value is -3.10. The van der Waals surface area contributed by atoms with Gasteiger partial charge in [-0.25, -0.2) is 13.2 Å². The number of esters is 1. The molecule has 0 radical (unpaired) electrons. The zero-order valence-electron chi connectivity index (χ0n) is 16.5. The molecule has 1 aliphatic heterocycles. The largest absolute Gasteiger partial charge is 0.489 e. The Labute approximate surface area is 188 Å². The topological polar surface area (TPSA) is 72.9 Å². The van der Waals surface area contributed by atoms with Crippen LogP contribution in [0.4, 0.5) is 11.4 Å². The van der Waals surface area contributed by atoms with E-state index in [1.165, 1.54) is 12.3 Å². The average Bonchev–Trinajstić information content (AvgIpc) is 2.78. The summed E-state index contributed by atoms with van der Waals surface area (Å²) in [4.78, 5) is 13.4. The highest BCUT2D eigenvalue weighted by atomic mass is 79.9. The number of hydrogen-bond donors (Lipinski definition) is 0. The number of nitrogens with zero attached hydrogens (tertiary/aromatic N) is 1. The van der Waals surface area contributed by atoms with E-state index in [1.54, 1.807) is 41.3 Å². The zero-order chi connectivity index (χ0) is 22.0. The molecule has 3 aromatic carbocycles. The molecule has 31 heavy (non-hydrogen) atoms. The van der Waals surface area contributed by atoms with Gasteiger partial charge in [0.25, 0.3) is 0 Å². The van der Waals surface area contributed by atoms with Crippen LogP contribution < -0.4 is 9.64 Å². The predicted octanol–water partition coefficient (Wildman–Crippen LogP) is 4.97. The molecule has 1 heterocycles. The van der Waals surface area contributed by atoms with Crippen molar-refractivity contribution in [3.63, 3.8) is 0 Å². The molecule has 4 rings (SSSR count). The first-order valence-corrected chi connectivity index (χ1v) is 11.6. The van der Waals surface area contributed by atoms with Crippen molar-refractivity contribution in [1.82, 2.24) is 0 Å². The molecule has 8 heteroatoms. The van der Waals surface area contributed by atoms with Crippen molar-refractivity contribution in [1.29, 1.82) is 0 Å². The van der Waals surface area contributed by atoms with E-state index in [9.17, 15) is 13.2 Å². The number of halogens is 1. The maximum Gasteiger partial charge on any atom is 0.351 e. The van der Waals surface area contributed by atoms with Crippen LogP contribution in [0.1, 0.15) is 5.56 Å². The SMILES string of the molecule is COC(=O)C1=CN(c2ccc(OCc3ccccc3)cc2)c2cc(Br)ccc2S1(=O)=O. The summed E-state index contributed by atoms with van der Waals surface area (Å²) in [5.74, 6) is -0.245. The monoisotopic (exact) mass is 499 g/mol. The van der Waals surface area contributed by atoms with Crippen LogP contribution in [0.3, 0.4) is 0 Å². The molecule has 0 atom stereocenters. The van der Waals surface area contributed by atoms with Crippen molar-refractivity contribution in [3.05, 3.63) is 93.9 Å². The quantitative estimate of drug-likeness (QED) is 0.461. The third-order valence-corrected chi connectivity index (χ3v) is 7.02. The minimum absolute atomic E-state index is 0.0306. The van der Waals surface area contributed by atoms with Crippen molar-refractivity contribution < 1.29 is 22.7 Å². The summed E-state index contributed by atoms with van der Waals surface area (Å²) in [5, 5.41) is 0. The molecule has 0 saturated carbocycles. The van der Waals surface area contributed by atoms with E-state index in [1.807, 2.05) is 30.3 Å². The fraction of sp³-hybridized carbons (Fsp3) is 0.0870. The van der Waals surface area contributed by atoms with Crippen molar-refractivity contribution in [2.24, 2.45) is 0 Å². The molecule has 0 aromatic heterocycles. The van der Waals surface area contributed by atoms with Gasteiger partial charge in [-0.3, -0.25) is 0 Å². The standard InChI is InChI=1S/C23H18BrNO5S/c1-29-23(26)22-14-25(20-13-17(24)7-12-21(20)31(22,27)28)18-8-10-19(11-9-18)30-15-16-5-3-2-4-6-16/h2-14H,15H2,1H3. The van der Waals surface area contributed by atoms with Gasteiger partial charge in [0.1, 0.15) is 12.4 Å². The number of methoxy groups -OCH3 is 1. The van der Waals surface area contributed by atoms with Crippen molar-refractivity contribution >= 4 is 43.1 Å². The summed E-state index contributed by atoms with van der Waals surface area (Å²) in [6, 6.07) is 21.8. The summed E-state index contributed by atoms with van der Waals surface area (Å²) in [7, 11) is -2.85. The Morgan fingerprint density at radius 1 is 1.00 bits per heavy atom. The third kappa shape index (κ3) is 4.22. The van der Waals surface area contributed by atoms with Gasteiger partial charge in [0.15, 0.2) is 4.91 Å². The van der Waals surface area contributed by atoms with E-state index in [-0.39, 0.29) is 4.90 Å². The van der Waals surface area contributed by atoms with Gasteiger partial charge in [-0.15, -0.1) is 0 Å². The van der Waals surface area contributed by atoms with Gasteiger partial charge in [0, 0.05) is 16.4 Å². The lowest BCUT2D eigenvalue weighted by Gasteiger charge is -2.28. The Morgan fingerprint density at radius 3 is 2.39 bits per heavy atom. The van der Waals surface area contributed by atoms with Crippen LogP contribution in [-0.2, 0) is 26.0 Å². The van der Waals surface area contributed by atoms with Crippen molar-refractivity contribution in [2.75, 3.05) is 12.0 Å². The maximum atomic E-state index is 12.9. The molecule has 1 aliphatic rings. The summed E-state index contributed by atoms with van der Waals surface area (Å²) in [6.45, 7) is 0.435. The minimum Gasteiger partial charge on any atom is -0.489 e. The van der Waals surface area contributed by atoms with Gasteiger partial charge in [0.2, 0.25) is 9.84 Å². The van der Waals surface area contributed by atoms with Crippen LogP contribution in [0.2, 0.25) is 0 Å². The Bertz CT molecular complexity index is 1250. The lowest BCUT2D eigenvalue weighted by atomic mass is 10.2. The van der Waals surface area contributed by atoms with Crippen molar-refractivity contribution in [2.45, 2.75) is 11.5 Å². The zero-order valence-corrected chi connectivity index (χ0v) is 18.9. The molecule has 3 aromatic rings. The van der Waals surface area contributed by atoms with E-state index >= 15 is 0 Å². The highest BCUT2D eigenvalue weighted by Crippen LogP contribution is 2.41. The molecule has 0 saturated heterocycles. The molecular formula is C23H18BrNO5S. The highest BCUT2D eigenvalue weighted by molar-refractivity contribution is 9.10. The molecule has 0 unspecified atom stereocenters. The fourth-order valence-corrected chi connectivity index (χ4v) is 5.01. The molecule has 6 nitrogen and oxygen atoms in total. The van der Waals surface area contributed by atoms with E-state index < -0.39 is 20.7 Å². The van der Waals surface area contributed by atoms with E-state index in [2.05, 4.69) is 15.9 Å². The molecular weight excluding hydrogens is 482 g/mol. The van der Waals surface area contributed by atoms with Crippen LogP contribution in [0.5, 0.6) is 5.75 Å². The maximum absolute atomic E-state index is 12.9. The van der Waals surface area contributed by atoms with Gasteiger partial charge in [0.05, 0.1) is 17.7 Å². The third-order valence-electron chi connectivity index (χ3n) is 4.76. The Balaban J connectivity index is 1.69. The van der Waals surface area contributed by atoms with Crippen LogP contribution in [0.25, 0.3) is 0 Å². The molecule has 0 N–H and O–H groups in total. The number of fused-ring (bicyclic) bond motifs is 1. The smallest absolute Gasteiger partial charge is 0.351 e. The average molecular weight is 500 g/mol. The van der Waals surface area contributed by atoms with E-state index in [0.29, 0.717) is 28.2 Å². The Kier molecular flexibility index (Phi) is 5.84. The van der Waals surface area contributed by atoms with E-state index in [4.69, 9.17) is 9.47 Å². The summed E-state index contributed by atoms with van der Waals surface area (Å²) in [5.41, 5.74) is 2.15. The second kappa shape index (κ2) is 8.56. The normalized spacial score (nSPS) is 14.4. The van der Waals surface area contributed by atoms with Crippen LogP contribution in [-0.4, -0.2) is 21.5 Å². The minimum atomic E-state index is -4.00. The summed E-state index contributed by atoms with van der Waals surface area (Å²) < 4.78 is 37.1. The number of rotatable bonds is 5. The second-order valence-electron chi connectivity index (χ2n) is 6.74. The molecule has 158 valence electrons. The number of ether oxygens (including phenoxy) is 2. The van der Waals surface area contributed by atoms with Gasteiger partial charge in [-0.1, -0.05) is 46.3 Å². The van der Waals surface area contributed by atoms with Gasteiger partial charge < -0.3 is 14.4 Å². The summed E-state index contributed by atoms with van der Waals surface area (Å²) >= 11 is 3.39. The highest BCUT2D eigenvalue weighted by Gasteiger charge is 2.36. The molecule has 0 amide bonds. The Morgan fingerprint density at radius 2 is 1.71 bits per heavy atom. The number of benzene rings is 3. The molecule has 0 bridgehead atoms. The first-order valence-electron chi connectivity index (χ1n) is 9.31. The van der Waals surface area contributed by atoms with Crippen LogP contribution >= 0.6 is 15.9 Å². The number of carbonyl (C=O) groups is 1. The van der Waals surface area contributed by atoms with Gasteiger partial charge in [-0.05, 0) is 48.0 Å². The first kappa shape index (κ1) is 21.1. The second-order valence-corrected chi connectivity index (χ2v) is 9.54. The number of hydrogen-bond acceptors (Lipinski definition) is 6. The van der Waals surface area contributed by atoms with Crippen molar-refractivity contribution in [3.8, 4) is 5.75 Å². The van der Waals surface area contributed by atoms with Crippen LogP contribution in [0.15, 0.2) is 93.3 Å². The predicted molar refractivity (Wildman–Crippen MR) is 121 cm³/mol. The molecule has 0 spiro atoms. The lowest BCUT2D eigenvalue weighted by molar-refractivity contribution is -0.135. The molecule has 0 fully saturated rings. The van der Waals surface area contributed by atoms with Gasteiger partial charge >= 0.3 is 5.97 Å². The number of sulfone groups is 1. The fourth-order valence-electron chi connectivity index (χ4n) is 3.20. The number of anilines is 2.